The van der Waals surface area contributed by atoms with E-state index < -0.39 is 11.8 Å². The van der Waals surface area contributed by atoms with Gasteiger partial charge < -0.3 is 29.6 Å². The summed E-state index contributed by atoms with van der Waals surface area (Å²) in [6.07, 6.45) is 1.33. The highest BCUT2D eigenvalue weighted by atomic mass is 16.5. The Morgan fingerprint density at radius 2 is 1.51 bits per heavy atom. The van der Waals surface area contributed by atoms with Crippen molar-refractivity contribution in [3.63, 3.8) is 0 Å². The molecule has 11 nitrogen and oxygen atoms in total. The molecular weight excluding hydrogens is 480 g/mol. The topological polar surface area (TPSA) is 137 Å². The molecule has 3 aromatic rings. The molecular formula is C26H26N4O7. The molecule has 0 aliphatic heterocycles. The fraction of sp³-hybridized carbons (Fsp3) is 0.154. The van der Waals surface area contributed by atoms with Gasteiger partial charge in [-0.1, -0.05) is 6.07 Å². The molecule has 3 N–H and O–H groups in total. The van der Waals surface area contributed by atoms with Crippen molar-refractivity contribution in [1.29, 1.82) is 0 Å². The number of methoxy groups -OCH3 is 3. The maximum atomic E-state index is 12.2. The zero-order chi connectivity index (χ0) is 26.6. The van der Waals surface area contributed by atoms with Crippen molar-refractivity contribution in [2.45, 2.75) is 0 Å². The van der Waals surface area contributed by atoms with Crippen LogP contribution in [0.15, 0.2) is 71.8 Å². The van der Waals surface area contributed by atoms with Gasteiger partial charge in [0.2, 0.25) is 0 Å². The molecule has 192 valence electrons. The quantitative estimate of drug-likeness (QED) is 0.218. The van der Waals surface area contributed by atoms with Crippen molar-refractivity contribution in [2.75, 3.05) is 38.6 Å². The van der Waals surface area contributed by atoms with E-state index >= 15 is 0 Å². The highest BCUT2D eigenvalue weighted by Gasteiger charge is 2.13. The highest BCUT2D eigenvalue weighted by Crippen LogP contribution is 2.27. The van der Waals surface area contributed by atoms with E-state index in [9.17, 15) is 14.4 Å². The zero-order valence-corrected chi connectivity index (χ0v) is 20.4. The SMILES string of the molecule is COc1ccc(NC(=O)C(=O)N/N=C\c2ccc(OCC(=O)Nc3cccc(OC)c3)c(OC)c2)cc1. The summed E-state index contributed by atoms with van der Waals surface area (Å²) in [7, 11) is 4.52. The molecule has 0 radical (unpaired) electrons. The summed E-state index contributed by atoms with van der Waals surface area (Å²) in [6.45, 7) is -0.250. The third-order valence-electron chi connectivity index (χ3n) is 4.83. The second kappa shape index (κ2) is 13.1. The minimum Gasteiger partial charge on any atom is -0.497 e. The van der Waals surface area contributed by atoms with Gasteiger partial charge in [-0.25, -0.2) is 5.43 Å². The van der Waals surface area contributed by atoms with Gasteiger partial charge >= 0.3 is 11.8 Å². The van der Waals surface area contributed by atoms with E-state index in [-0.39, 0.29) is 12.5 Å². The predicted octanol–water partition coefficient (Wildman–Crippen LogP) is 2.82. The van der Waals surface area contributed by atoms with E-state index in [4.69, 9.17) is 18.9 Å². The van der Waals surface area contributed by atoms with Crippen molar-refractivity contribution < 1.29 is 33.3 Å². The van der Waals surface area contributed by atoms with Crippen LogP contribution in [0.3, 0.4) is 0 Å². The van der Waals surface area contributed by atoms with Crippen molar-refractivity contribution >= 4 is 35.3 Å². The third-order valence-corrected chi connectivity index (χ3v) is 4.83. The van der Waals surface area contributed by atoms with Crippen LogP contribution in [0.5, 0.6) is 23.0 Å². The van der Waals surface area contributed by atoms with Gasteiger partial charge in [0.1, 0.15) is 11.5 Å². The second-order valence-corrected chi connectivity index (χ2v) is 7.36. The van der Waals surface area contributed by atoms with Crippen LogP contribution in [0.1, 0.15) is 5.56 Å². The van der Waals surface area contributed by atoms with Gasteiger partial charge in [-0.15, -0.1) is 0 Å². The lowest BCUT2D eigenvalue weighted by atomic mass is 10.2. The highest BCUT2D eigenvalue weighted by molar-refractivity contribution is 6.39. The number of rotatable bonds is 10. The Morgan fingerprint density at radius 1 is 0.757 bits per heavy atom. The Labute approximate surface area is 213 Å². The predicted molar refractivity (Wildman–Crippen MR) is 137 cm³/mol. The molecule has 0 fully saturated rings. The van der Waals surface area contributed by atoms with Crippen LogP contribution in [0, 0.1) is 0 Å². The first-order valence-corrected chi connectivity index (χ1v) is 10.9. The summed E-state index contributed by atoms with van der Waals surface area (Å²) in [5.74, 6) is -0.263. The van der Waals surface area contributed by atoms with E-state index in [1.165, 1.54) is 20.4 Å². The lowest BCUT2D eigenvalue weighted by Gasteiger charge is -2.12. The fourth-order valence-corrected chi connectivity index (χ4v) is 3.00. The lowest BCUT2D eigenvalue weighted by Crippen LogP contribution is -2.32. The van der Waals surface area contributed by atoms with Gasteiger partial charge in [-0.05, 0) is 60.2 Å². The molecule has 0 saturated heterocycles. The minimum atomic E-state index is -0.943. The third kappa shape index (κ3) is 7.99. The molecule has 0 aliphatic rings. The molecule has 11 heteroatoms. The van der Waals surface area contributed by atoms with Gasteiger partial charge in [0.25, 0.3) is 5.91 Å². The van der Waals surface area contributed by atoms with Crippen LogP contribution in [0.4, 0.5) is 11.4 Å². The van der Waals surface area contributed by atoms with E-state index in [0.717, 1.165) is 0 Å². The first kappa shape index (κ1) is 26.5. The zero-order valence-electron chi connectivity index (χ0n) is 20.4. The first-order chi connectivity index (χ1) is 17.9. The van der Waals surface area contributed by atoms with Crippen molar-refractivity contribution in [1.82, 2.24) is 5.43 Å². The number of anilines is 2. The maximum absolute atomic E-state index is 12.2. The van der Waals surface area contributed by atoms with Crippen LogP contribution in [-0.4, -0.2) is 51.9 Å². The van der Waals surface area contributed by atoms with Crippen LogP contribution >= 0.6 is 0 Å². The molecule has 0 aliphatic carbocycles. The van der Waals surface area contributed by atoms with E-state index in [2.05, 4.69) is 21.2 Å². The van der Waals surface area contributed by atoms with Gasteiger partial charge in [-0.3, -0.25) is 14.4 Å². The second-order valence-electron chi connectivity index (χ2n) is 7.36. The van der Waals surface area contributed by atoms with Gasteiger partial charge in [0, 0.05) is 17.4 Å². The number of nitrogens with zero attached hydrogens (tertiary/aromatic N) is 1. The van der Waals surface area contributed by atoms with E-state index in [1.807, 2.05) is 0 Å². The number of carbonyl (C=O) groups is 3. The lowest BCUT2D eigenvalue weighted by molar-refractivity contribution is -0.136. The molecule has 3 aromatic carbocycles. The van der Waals surface area contributed by atoms with E-state index in [0.29, 0.717) is 39.9 Å². The molecule has 0 bridgehead atoms. The number of benzene rings is 3. The first-order valence-electron chi connectivity index (χ1n) is 10.9. The number of amides is 3. The average molecular weight is 507 g/mol. The van der Waals surface area contributed by atoms with Crippen LogP contribution in [0.25, 0.3) is 0 Å². The van der Waals surface area contributed by atoms with E-state index in [1.54, 1.807) is 73.8 Å². The van der Waals surface area contributed by atoms with Gasteiger partial charge in [0.15, 0.2) is 18.1 Å². The van der Waals surface area contributed by atoms with Gasteiger partial charge in [-0.2, -0.15) is 5.10 Å². The molecule has 3 rings (SSSR count). The average Bonchev–Trinajstić information content (AvgIpc) is 2.92. The summed E-state index contributed by atoms with van der Waals surface area (Å²) in [4.78, 5) is 36.3. The number of nitrogens with one attached hydrogen (secondary N) is 3. The fourth-order valence-electron chi connectivity index (χ4n) is 3.00. The molecule has 0 atom stereocenters. The van der Waals surface area contributed by atoms with Gasteiger partial charge in [0.05, 0.1) is 27.5 Å². The Balaban J connectivity index is 1.51. The summed E-state index contributed by atoms with van der Waals surface area (Å²) in [5, 5.41) is 8.97. The Bertz CT molecular complexity index is 1280. The van der Waals surface area contributed by atoms with Crippen LogP contribution in [-0.2, 0) is 14.4 Å². The largest absolute Gasteiger partial charge is 0.497 e. The number of ether oxygens (including phenoxy) is 4. The Hall–Kier alpha value is -5.06. The monoisotopic (exact) mass is 506 g/mol. The molecule has 0 spiro atoms. The molecule has 0 saturated carbocycles. The van der Waals surface area contributed by atoms with Crippen molar-refractivity contribution in [2.24, 2.45) is 5.10 Å². The standard InChI is InChI=1S/C26H26N4O7/c1-34-20-10-8-18(9-11-20)29-25(32)26(33)30-27-15-17-7-12-22(23(13-17)36-3)37-16-24(31)28-19-5-4-6-21(14-19)35-2/h4-15H,16H2,1-3H3,(H,28,31)(H,29,32)(H,30,33)/b27-15-. The summed E-state index contributed by atoms with van der Waals surface area (Å²) in [5.41, 5.74) is 3.72. The van der Waals surface area contributed by atoms with Crippen molar-refractivity contribution in [3.8, 4) is 23.0 Å². The summed E-state index contributed by atoms with van der Waals surface area (Å²) >= 11 is 0. The molecule has 0 heterocycles. The minimum absolute atomic E-state index is 0.250. The number of hydrogen-bond donors (Lipinski definition) is 3. The Morgan fingerprint density at radius 3 is 2.22 bits per heavy atom. The maximum Gasteiger partial charge on any atom is 0.329 e. The number of hydrazone groups is 1. The molecule has 0 unspecified atom stereocenters. The summed E-state index contributed by atoms with van der Waals surface area (Å²) < 4.78 is 21.1. The molecule has 37 heavy (non-hydrogen) atoms. The van der Waals surface area contributed by atoms with Crippen LogP contribution < -0.4 is 35.0 Å². The molecule has 3 amide bonds. The van der Waals surface area contributed by atoms with Crippen molar-refractivity contribution in [3.05, 3.63) is 72.3 Å². The number of hydrogen-bond acceptors (Lipinski definition) is 8. The normalized spacial score (nSPS) is 10.4. The summed E-state index contributed by atoms with van der Waals surface area (Å²) in [6, 6.07) is 18.3. The Kier molecular flexibility index (Phi) is 9.43. The van der Waals surface area contributed by atoms with Crippen LogP contribution in [0.2, 0.25) is 0 Å². The molecule has 0 aromatic heterocycles. The smallest absolute Gasteiger partial charge is 0.329 e. The number of carbonyl (C=O) groups excluding carboxylic acids is 3.